The first kappa shape index (κ1) is 19.0. The number of nitrogens with zero attached hydrogens (tertiary/aromatic N) is 2. The van der Waals surface area contributed by atoms with E-state index >= 15 is 0 Å². The van der Waals surface area contributed by atoms with E-state index in [0.29, 0.717) is 37.4 Å². The molecule has 2 atom stereocenters. The average molecular weight is 406 g/mol. The minimum atomic E-state index is -0.387. The number of carbonyl (C=O) groups excluding carboxylic acids is 1. The smallest absolute Gasteiger partial charge is 0.254 e. The van der Waals surface area contributed by atoms with Gasteiger partial charge < -0.3 is 14.4 Å². The molecular formula is C24H23FN2O3. The van der Waals surface area contributed by atoms with Crippen LogP contribution >= 0.6 is 0 Å². The van der Waals surface area contributed by atoms with Crippen LogP contribution in [0, 0.1) is 5.82 Å². The molecule has 5 nitrogen and oxygen atoms in total. The molecule has 1 amide bonds. The van der Waals surface area contributed by atoms with E-state index < -0.39 is 0 Å². The summed E-state index contributed by atoms with van der Waals surface area (Å²) in [6.07, 6.45) is 4.13. The summed E-state index contributed by atoms with van der Waals surface area (Å²) in [4.78, 5) is 19.6. The quantitative estimate of drug-likeness (QED) is 0.654. The Morgan fingerprint density at radius 3 is 2.90 bits per heavy atom. The maximum absolute atomic E-state index is 13.3. The van der Waals surface area contributed by atoms with E-state index in [9.17, 15) is 9.18 Å². The van der Waals surface area contributed by atoms with Crippen LogP contribution in [-0.4, -0.2) is 47.2 Å². The number of rotatable bonds is 3. The third-order valence-corrected chi connectivity index (χ3v) is 5.99. The highest BCUT2D eigenvalue weighted by atomic mass is 19.1. The van der Waals surface area contributed by atoms with E-state index in [2.05, 4.69) is 4.98 Å². The third-order valence-electron chi connectivity index (χ3n) is 5.99. The van der Waals surface area contributed by atoms with Crippen LogP contribution in [0.2, 0.25) is 0 Å². The molecule has 0 unspecified atom stereocenters. The normalized spacial score (nSPS) is 23.8. The second kappa shape index (κ2) is 7.69. The molecule has 2 aliphatic rings. The van der Waals surface area contributed by atoms with Gasteiger partial charge in [-0.1, -0.05) is 12.1 Å². The highest BCUT2D eigenvalue weighted by molar-refractivity contribution is 6.06. The Morgan fingerprint density at radius 1 is 1.17 bits per heavy atom. The van der Waals surface area contributed by atoms with Crippen molar-refractivity contribution in [3.63, 3.8) is 0 Å². The fraction of sp³-hybridized carbons (Fsp3) is 0.333. The number of pyridine rings is 1. The zero-order chi connectivity index (χ0) is 20.6. The summed E-state index contributed by atoms with van der Waals surface area (Å²) in [5.41, 5.74) is 1.11. The number of fused-ring (bicyclic) bond motifs is 1. The summed E-state index contributed by atoms with van der Waals surface area (Å²) in [7, 11) is 0. The van der Waals surface area contributed by atoms with Crippen LogP contribution in [0.3, 0.4) is 0 Å². The molecule has 1 spiro atoms. The summed E-state index contributed by atoms with van der Waals surface area (Å²) in [5.74, 6) is 0.361. The lowest BCUT2D eigenvalue weighted by Crippen LogP contribution is -2.50. The number of benzene rings is 2. The van der Waals surface area contributed by atoms with Crippen LogP contribution in [0.15, 0.2) is 60.8 Å². The molecule has 3 heterocycles. The van der Waals surface area contributed by atoms with Crippen LogP contribution < -0.4 is 4.74 Å². The van der Waals surface area contributed by atoms with Crippen LogP contribution in [0.1, 0.15) is 29.6 Å². The van der Waals surface area contributed by atoms with Gasteiger partial charge in [-0.05, 0) is 55.3 Å². The molecule has 2 fully saturated rings. The fourth-order valence-electron chi connectivity index (χ4n) is 4.60. The number of hydrogen-bond acceptors (Lipinski definition) is 4. The van der Waals surface area contributed by atoms with Crippen molar-refractivity contribution in [3.05, 3.63) is 72.2 Å². The van der Waals surface area contributed by atoms with Gasteiger partial charge in [-0.25, -0.2) is 4.39 Å². The molecule has 2 saturated heterocycles. The number of ether oxygens (including phenoxy) is 2. The molecule has 0 bridgehead atoms. The van der Waals surface area contributed by atoms with Gasteiger partial charge in [0.15, 0.2) is 0 Å². The first-order valence-electron chi connectivity index (χ1n) is 10.3. The lowest BCUT2D eigenvalue weighted by Gasteiger charge is -2.39. The summed E-state index contributed by atoms with van der Waals surface area (Å²) < 4.78 is 25.3. The van der Waals surface area contributed by atoms with Gasteiger partial charge in [-0.3, -0.25) is 9.78 Å². The van der Waals surface area contributed by atoms with E-state index in [1.165, 1.54) is 12.1 Å². The molecule has 3 aromatic rings. The number of hydrogen-bond donors (Lipinski definition) is 0. The average Bonchev–Trinajstić information content (AvgIpc) is 3.15. The van der Waals surface area contributed by atoms with Crippen molar-refractivity contribution in [2.45, 2.75) is 31.0 Å². The zero-order valence-electron chi connectivity index (χ0n) is 16.6. The number of amides is 1. The first-order valence-corrected chi connectivity index (χ1v) is 10.3. The van der Waals surface area contributed by atoms with E-state index in [1.54, 1.807) is 18.3 Å². The van der Waals surface area contributed by atoms with Crippen molar-refractivity contribution in [2.75, 3.05) is 19.7 Å². The molecule has 2 aliphatic heterocycles. The summed E-state index contributed by atoms with van der Waals surface area (Å²) in [6.45, 7) is 1.73. The number of halogens is 1. The van der Waals surface area contributed by atoms with Crippen LogP contribution in [0.25, 0.3) is 10.9 Å². The molecule has 1 aromatic heterocycles. The molecule has 0 aliphatic carbocycles. The van der Waals surface area contributed by atoms with Gasteiger partial charge in [0.2, 0.25) is 0 Å². The van der Waals surface area contributed by atoms with Gasteiger partial charge in [-0.15, -0.1) is 0 Å². The number of piperidine rings is 1. The first-order chi connectivity index (χ1) is 14.6. The predicted molar refractivity (Wildman–Crippen MR) is 111 cm³/mol. The lowest BCUT2D eigenvalue weighted by atomic mass is 9.88. The van der Waals surface area contributed by atoms with Gasteiger partial charge in [0.25, 0.3) is 5.91 Å². The van der Waals surface area contributed by atoms with Crippen molar-refractivity contribution < 1.29 is 18.7 Å². The molecule has 154 valence electrons. The highest BCUT2D eigenvalue weighted by Gasteiger charge is 2.45. The van der Waals surface area contributed by atoms with Gasteiger partial charge in [0.1, 0.15) is 17.7 Å². The number of likely N-dealkylation sites (tertiary alicyclic amines) is 1. The monoisotopic (exact) mass is 406 g/mol. The Hall–Kier alpha value is -2.99. The Morgan fingerprint density at radius 2 is 2.03 bits per heavy atom. The Balaban J connectivity index is 1.31. The number of carbonyl (C=O) groups is 1. The largest absolute Gasteiger partial charge is 0.488 e. The second-order valence-corrected chi connectivity index (χ2v) is 8.10. The second-order valence-electron chi connectivity index (χ2n) is 8.10. The maximum atomic E-state index is 13.3. The van der Waals surface area contributed by atoms with Crippen molar-refractivity contribution >= 4 is 16.8 Å². The van der Waals surface area contributed by atoms with Gasteiger partial charge in [-0.2, -0.15) is 0 Å². The summed E-state index contributed by atoms with van der Waals surface area (Å²) >= 11 is 0. The molecular weight excluding hydrogens is 383 g/mol. The van der Waals surface area contributed by atoms with Crippen LogP contribution in [0.4, 0.5) is 4.39 Å². The Bertz CT molecular complexity index is 1070. The SMILES string of the molecule is O=C(c1cccc2ncccc12)N1CCC[C@]2(C[C@@H](Oc3ccc(F)cc3)CO2)C1. The molecule has 2 aromatic carbocycles. The standard InChI is InChI=1S/C24H23FN2O3/c25-17-7-9-18(10-8-17)30-19-14-24(29-15-19)11-3-13-27(16-24)23(28)21-4-1-6-22-20(21)5-2-12-26-22/h1-2,4-10,12,19H,3,11,13-16H2/t19-,24+/m1/s1. The van der Waals surface area contributed by atoms with E-state index in [-0.39, 0.29) is 23.4 Å². The van der Waals surface area contributed by atoms with Crippen molar-refractivity contribution in [1.29, 1.82) is 0 Å². The molecule has 6 heteroatoms. The third kappa shape index (κ3) is 3.63. The van der Waals surface area contributed by atoms with Crippen LogP contribution in [-0.2, 0) is 4.74 Å². The van der Waals surface area contributed by atoms with Gasteiger partial charge in [0.05, 0.1) is 24.3 Å². The van der Waals surface area contributed by atoms with Crippen LogP contribution in [0.5, 0.6) is 5.75 Å². The highest BCUT2D eigenvalue weighted by Crippen LogP contribution is 2.37. The minimum Gasteiger partial charge on any atom is -0.488 e. The van der Waals surface area contributed by atoms with E-state index in [4.69, 9.17) is 9.47 Å². The van der Waals surface area contributed by atoms with Crippen molar-refractivity contribution in [1.82, 2.24) is 9.88 Å². The van der Waals surface area contributed by atoms with E-state index in [1.807, 2.05) is 35.2 Å². The van der Waals surface area contributed by atoms with Gasteiger partial charge in [0, 0.05) is 30.1 Å². The zero-order valence-corrected chi connectivity index (χ0v) is 16.6. The molecule has 30 heavy (non-hydrogen) atoms. The maximum Gasteiger partial charge on any atom is 0.254 e. The topological polar surface area (TPSA) is 51.7 Å². The summed E-state index contributed by atoms with van der Waals surface area (Å²) in [6, 6.07) is 15.5. The molecule has 0 N–H and O–H groups in total. The van der Waals surface area contributed by atoms with Gasteiger partial charge >= 0.3 is 0 Å². The fourth-order valence-corrected chi connectivity index (χ4v) is 4.60. The minimum absolute atomic E-state index is 0.0131. The molecule has 0 saturated carbocycles. The van der Waals surface area contributed by atoms with Crippen molar-refractivity contribution in [3.8, 4) is 5.75 Å². The Labute approximate surface area is 174 Å². The molecule has 5 rings (SSSR count). The Kier molecular flexibility index (Phi) is 4.87. The van der Waals surface area contributed by atoms with Crippen molar-refractivity contribution in [2.24, 2.45) is 0 Å². The van der Waals surface area contributed by atoms with E-state index in [0.717, 1.165) is 23.7 Å². The predicted octanol–water partition coefficient (Wildman–Crippen LogP) is 4.22. The molecule has 0 radical (unpaired) electrons. The number of aromatic nitrogens is 1. The lowest BCUT2D eigenvalue weighted by molar-refractivity contribution is -0.0453. The summed E-state index contributed by atoms with van der Waals surface area (Å²) in [5, 5.41) is 0.870.